The number of amides is 1. The first-order valence-electron chi connectivity index (χ1n) is 6.82. The minimum Gasteiger partial charge on any atom is -0.351 e. The Morgan fingerprint density at radius 1 is 1.29 bits per heavy atom. The maximum atomic E-state index is 12.3. The number of carbonyl (C=O) groups is 1. The number of fused-ring (bicyclic) bond motifs is 1. The Balaban J connectivity index is 1.80. The predicted octanol–water partition coefficient (Wildman–Crippen LogP) is 2.39. The van der Waals surface area contributed by atoms with Gasteiger partial charge in [-0.15, -0.1) is 0 Å². The molecule has 0 spiro atoms. The summed E-state index contributed by atoms with van der Waals surface area (Å²) in [7, 11) is 0. The predicted molar refractivity (Wildman–Crippen MR) is 80.0 cm³/mol. The Bertz CT molecular complexity index is 801. The van der Waals surface area contributed by atoms with Crippen molar-refractivity contribution in [2.24, 2.45) is 0 Å². The standard InChI is InChI=1S/C15H17N5O/c1-8-4-5-11-7-13(18-12(11)6-8)15(21)16-9(2)14-17-10(3)19-20-14/h4-7,9,18H,1-3H3,(H,16,21)(H,17,19,20)/t9-/m1/s1. The van der Waals surface area contributed by atoms with Gasteiger partial charge in [-0.1, -0.05) is 12.1 Å². The highest BCUT2D eigenvalue weighted by molar-refractivity contribution is 5.98. The fraction of sp³-hybridized carbons (Fsp3) is 0.267. The Morgan fingerprint density at radius 3 is 2.81 bits per heavy atom. The zero-order chi connectivity index (χ0) is 15.0. The van der Waals surface area contributed by atoms with Crippen LogP contribution in [0, 0.1) is 13.8 Å². The van der Waals surface area contributed by atoms with E-state index in [4.69, 9.17) is 0 Å². The summed E-state index contributed by atoms with van der Waals surface area (Å²) in [6.07, 6.45) is 0. The second kappa shape index (κ2) is 5.05. The van der Waals surface area contributed by atoms with Gasteiger partial charge in [-0.25, -0.2) is 4.98 Å². The van der Waals surface area contributed by atoms with Gasteiger partial charge in [-0.05, 0) is 38.5 Å². The molecule has 0 unspecified atom stereocenters. The van der Waals surface area contributed by atoms with Crippen molar-refractivity contribution >= 4 is 16.8 Å². The van der Waals surface area contributed by atoms with Gasteiger partial charge < -0.3 is 10.3 Å². The van der Waals surface area contributed by atoms with Crippen molar-refractivity contribution in [2.45, 2.75) is 26.8 Å². The zero-order valence-electron chi connectivity index (χ0n) is 12.2. The molecule has 3 aromatic rings. The summed E-state index contributed by atoms with van der Waals surface area (Å²) in [6.45, 7) is 5.70. The van der Waals surface area contributed by atoms with E-state index in [1.807, 2.05) is 45.0 Å². The molecule has 1 aromatic carbocycles. The van der Waals surface area contributed by atoms with Crippen molar-refractivity contribution in [1.29, 1.82) is 0 Å². The average molecular weight is 283 g/mol. The molecular formula is C15H17N5O. The number of benzene rings is 1. The lowest BCUT2D eigenvalue weighted by Gasteiger charge is -2.09. The van der Waals surface area contributed by atoms with E-state index in [9.17, 15) is 4.79 Å². The van der Waals surface area contributed by atoms with Crippen LogP contribution in [0.2, 0.25) is 0 Å². The van der Waals surface area contributed by atoms with Crippen molar-refractivity contribution in [3.05, 3.63) is 47.2 Å². The molecule has 108 valence electrons. The second-order valence-electron chi connectivity index (χ2n) is 5.25. The summed E-state index contributed by atoms with van der Waals surface area (Å²) in [5.74, 6) is 1.14. The summed E-state index contributed by atoms with van der Waals surface area (Å²) < 4.78 is 0. The lowest BCUT2D eigenvalue weighted by molar-refractivity contribution is 0.0934. The van der Waals surface area contributed by atoms with Crippen LogP contribution in [0.15, 0.2) is 24.3 Å². The first-order chi connectivity index (χ1) is 10.0. The third-order valence-corrected chi connectivity index (χ3v) is 3.37. The molecule has 1 amide bonds. The minimum absolute atomic E-state index is 0.168. The fourth-order valence-electron chi connectivity index (χ4n) is 2.26. The van der Waals surface area contributed by atoms with Crippen molar-refractivity contribution < 1.29 is 4.79 Å². The maximum absolute atomic E-state index is 12.3. The Kier molecular flexibility index (Phi) is 3.21. The number of nitrogens with one attached hydrogen (secondary N) is 3. The monoisotopic (exact) mass is 283 g/mol. The van der Waals surface area contributed by atoms with Crippen LogP contribution in [-0.4, -0.2) is 26.1 Å². The van der Waals surface area contributed by atoms with Crippen molar-refractivity contribution in [3.63, 3.8) is 0 Å². The molecule has 3 N–H and O–H groups in total. The molecule has 0 saturated carbocycles. The lowest BCUT2D eigenvalue weighted by Crippen LogP contribution is -2.27. The molecule has 0 aliphatic rings. The number of aromatic nitrogens is 4. The molecule has 1 atom stereocenters. The fourth-order valence-corrected chi connectivity index (χ4v) is 2.26. The molecule has 0 bridgehead atoms. The van der Waals surface area contributed by atoms with Crippen LogP contribution in [0.1, 0.15) is 40.7 Å². The van der Waals surface area contributed by atoms with E-state index in [2.05, 4.69) is 25.5 Å². The van der Waals surface area contributed by atoms with Gasteiger partial charge in [0.15, 0.2) is 5.82 Å². The minimum atomic E-state index is -0.254. The summed E-state index contributed by atoms with van der Waals surface area (Å²) in [5, 5.41) is 10.7. The highest BCUT2D eigenvalue weighted by Gasteiger charge is 2.16. The third-order valence-electron chi connectivity index (χ3n) is 3.37. The quantitative estimate of drug-likeness (QED) is 0.689. The van der Waals surface area contributed by atoms with Crippen LogP contribution < -0.4 is 5.32 Å². The summed E-state index contributed by atoms with van der Waals surface area (Å²) >= 11 is 0. The first kappa shape index (κ1) is 13.4. The van der Waals surface area contributed by atoms with E-state index in [0.29, 0.717) is 11.5 Å². The molecule has 2 aromatic heterocycles. The highest BCUT2D eigenvalue weighted by Crippen LogP contribution is 2.17. The van der Waals surface area contributed by atoms with E-state index < -0.39 is 0 Å². The summed E-state index contributed by atoms with van der Waals surface area (Å²) in [4.78, 5) is 19.6. The number of nitrogens with zero attached hydrogens (tertiary/aromatic N) is 2. The molecule has 6 nitrogen and oxygen atoms in total. The van der Waals surface area contributed by atoms with Crippen LogP contribution in [0.25, 0.3) is 10.9 Å². The van der Waals surface area contributed by atoms with Gasteiger partial charge in [0.05, 0.1) is 6.04 Å². The number of rotatable bonds is 3. The van der Waals surface area contributed by atoms with Crippen LogP contribution in [0.5, 0.6) is 0 Å². The molecule has 0 aliphatic carbocycles. The molecule has 0 radical (unpaired) electrons. The number of hydrogen-bond acceptors (Lipinski definition) is 3. The number of aromatic amines is 2. The topological polar surface area (TPSA) is 86.5 Å². The van der Waals surface area contributed by atoms with Gasteiger partial charge in [0.1, 0.15) is 11.5 Å². The summed E-state index contributed by atoms with van der Waals surface area (Å²) in [5.41, 5.74) is 2.65. The smallest absolute Gasteiger partial charge is 0.268 e. The molecular weight excluding hydrogens is 266 g/mol. The number of carbonyl (C=O) groups excluding carboxylic acids is 1. The molecule has 21 heavy (non-hydrogen) atoms. The van der Waals surface area contributed by atoms with E-state index in [-0.39, 0.29) is 11.9 Å². The van der Waals surface area contributed by atoms with Crippen LogP contribution in [0.3, 0.4) is 0 Å². The first-order valence-corrected chi connectivity index (χ1v) is 6.82. The Morgan fingerprint density at radius 2 is 2.10 bits per heavy atom. The van der Waals surface area contributed by atoms with Crippen molar-refractivity contribution in [1.82, 2.24) is 25.5 Å². The second-order valence-corrected chi connectivity index (χ2v) is 5.25. The molecule has 0 saturated heterocycles. The van der Waals surface area contributed by atoms with Gasteiger partial charge in [-0.2, -0.15) is 5.10 Å². The largest absolute Gasteiger partial charge is 0.351 e. The normalized spacial score (nSPS) is 12.5. The molecule has 3 rings (SSSR count). The maximum Gasteiger partial charge on any atom is 0.268 e. The van der Waals surface area contributed by atoms with E-state index in [0.717, 1.165) is 22.3 Å². The third kappa shape index (κ3) is 2.65. The molecule has 0 fully saturated rings. The SMILES string of the molecule is Cc1ccc2cc(C(=O)N[C@H](C)c3n[nH]c(C)n3)[nH]c2c1. The van der Waals surface area contributed by atoms with Gasteiger partial charge in [-0.3, -0.25) is 9.89 Å². The average Bonchev–Trinajstić information content (AvgIpc) is 3.04. The Labute approximate surface area is 122 Å². The lowest BCUT2D eigenvalue weighted by atomic mass is 10.2. The highest BCUT2D eigenvalue weighted by atomic mass is 16.1. The van der Waals surface area contributed by atoms with Gasteiger partial charge in [0.25, 0.3) is 5.91 Å². The number of aryl methyl sites for hydroxylation is 2. The molecule has 2 heterocycles. The number of hydrogen-bond donors (Lipinski definition) is 3. The van der Waals surface area contributed by atoms with Crippen molar-refractivity contribution in [2.75, 3.05) is 0 Å². The number of H-pyrrole nitrogens is 2. The van der Waals surface area contributed by atoms with E-state index >= 15 is 0 Å². The summed E-state index contributed by atoms with van der Waals surface area (Å²) in [6, 6.07) is 7.64. The van der Waals surface area contributed by atoms with Crippen LogP contribution in [-0.2, 0) is 0 Å². The molecule has 0 aliphatic heterocycles. The Hall–Kier alpha value is -2.63. The van der Waals surface area contributed by atoms with E-state index in [1.54, 1.807) is 0 Å². The van der Waals surface area contributed by atoms with Crippen LogP contribution >= 0.6 is 0 Å². The van der Waals surface area contributed by atoms with E-state index in [1.165, 1.54) is 0 Å². The van der Waals surface area contributed by atoms with Gasteiger partial charge in [0, 0.05) is 10.9 Å². The van der Waals surface area contributed by atoms with Gasteiger partial charge in [0.2, 0.25) is 0 Å². The zero-order valence-corrected chi connectivity index (χ0v) is 12.2. The van der Waals surface area contributed by atoms with Crippen molar-refractivity contribution in [3.8, 4) is 0 Å². The molecule has 6 heteroatoms. The van der Waals surface area contributed by atoms with Crippen LogP contribution in [0.4, 0.5) is 0 Å². The van der Waals surface area contributed by atoms with Gasteiger partial charge >= 0.3 is 0 Å².